The minimum atomic E-state index is -4.42. The normalized spacial score (nSPS) is 23.3. The molecule has 1 heterocycles. The minimum Gasteiger partial charge on any atom is -0.373 e. The van der Waals surface area contributed by atoms with Crippen LogP contribution in [-0.4, -0.2) is 42.6 Å². The third-order valence-electron chi connectivity index (χ3n) is 3.34. The summed E-state index contributed by atoms with van der Waals surface area (Å²) in [5.74, 6) is -0.333. The van der Waals surface area contributed by atoms with Gasteiger partial charge < -0.3 is 10.1 Å². The van der Waals surface area contributed by atoms with Crippen molar-refractivity contribution in [2.24, 2.45) is 0 Å². The Labute approximate surface area is 127 Å². The molecule has 1 amide bonds. The van der Waals surface area contributed by atoms with Crippen LogP contribution in [0.15, 0.2) is 24.3 Å². The Morgan fingerprint density at radius 2 is 1.95 bits per heavy atom. The first-order chi connectivity index (χ1) is 10.2. The van der Waals surface area contributed by atoms with Crippen molar-refractivity contribution >= 4 is 11.6 Å². The average Bonchev–Trinajstić information content (AvgIpc) is 2.36. The van der Waals surface area contributed by atoms with E-state index in [9.17, 15) is 18.0 Å². The van der Waals surface area contributed by atoms with Gasteiger partial charge in [0.1, 0.15) is 0 Å². The van der Waals surface area contributed by atoms with Gasteiger partial charge in [0.25, 0.3) is 0 Å². The molecule has 0 saturated carbocycles. The molecule has 2 rings (SSSR count). The number of alkyl halides is 3. The van der Waals surface area contributed by atoms with Gasteiger partial charge in [0.15, 0.2) is 0 Å². The molecule has 0 aromatic heterocycles. The standard InChI is InChI=1S/C15H19F3N2O2/c1-10-7-20(8-11(2)22-10)9-14(21)19-13-5-3-4-12(6-13)15(16,17)18/h3-6,10-11H,7-9H2,1-2H3,(H,19,21)/t10-,11-/m1/s1. The third-order valence-corrected chi connectivity index (χ3v) is 3.34. The van der Waals surface area contributed by atoms with Crippen LogP contribution in [-0.2, 0) is 15.7 Å². The number of nitrogens with zero attached hydrogens (tertiary/aromatic N) is 1. The van der Waals surface area contributed by atoms with E-state index < -0.39 is 11.7 Å². The summed E-state index contributed by atoms with van der Waals surface area (Å²) in [6, 6.07) is 4.62. The number of nitrogens with one attached hydrogen (secondary N) is 1. The Kier molecular flexibility index (Phi) is 5.08. The SMILES string of the molecule is C[C@@H]1CN(CC(=O)Nc2cccc(C(F)(F)F)c2)C[C@@H](C)O1. The molecule has 122 valence electrons. The maximum atomic E-state index is 12.6. The van der Waals surface area contributed by atoms with Crippen molar-refractivity contribution < 1.29 is 22.7 Å². The van der Waals surface area contributed by atoms with Crippen molar-refractivity contribution in [2.45, 2.75) is 32.2 Å². The van der Waals surface area contributed by atoms with E-state index in [0.717, 1.165) is 12.1 Å². The highest BCUT2D eigenvalue weighted by Crippen LogP contribution is 2.30. The molecule has 22 heavy (non-hydrogen) atoms. The number of carbonyl (C=O) groups excluding carboxylic acids is 1. The molecule has 0 bridgehead atoms. The topological polar surface area (TPSA) is 41.6 Å². The first-order valence-corrected chi connectivity index (χ1v) is 7.09. The first-order valence-electron chi connectivity index (χ1n) is 7.09. The van der Waals surface area contributed by atoms with E-state index in [1.165, 1.54) is 12.1 Å². The molecule has 1 saturated heterocycles. The Morgan fingerprint density at radius 1 is 1.32 bits per heavy atom. The summed E-state index contributed by atoms with van der Waals surface area (Å²) < 4.78 is 43.5. The van der Waals surface area contributed by atoms with Crippen LogP contribution in [0.5, 0.6) is 0 Å². The molecular formula is C15H19F3N2O2. The number of hydrogen-bond acceptors (Lipinski definition) is 3. The van der Waals surface area contributed by atoms with Crippen LogP contribution >= 0.6 is 0 Å². The molecule has 1 aliphatic heterocycles. The molecule has 0 spiro atoms. The zero-order valence-electron chi connectivity index (χ0n) is 12.5. The fourth-order valence-electron chi connectivity index (χ4n) is 2.59. The molecule has 1 aromatic rings. The van der Waals surface area contributed by atoms with Crippen molar-refractivity contribution in [3.63, 3.8) is 0 Å². The van der Waals surface area contributed by atoms with Gasteiger partial charge in [-0.25, -0.2) is 0 Å². The highest BCUT2D eigenvalue weighted by atomic mass is 19.4. The molecule has 0 unspecified atom stereocenters. The van der Waals surface area contributed by atoms with Crippen molar-refractivity contribution in [3.05, 3.63) is 29.8 Å². The van der Waals surface area contributed by atoms with Gasteiger partial charge in [0.05, 0.1) is 24.3 Å². The van der Waals surface area contributed by atoms with Crippen LogP contribution in [0.4, 0.5) is 18.9 Å². The van der Waals surface area contributed by atoms with Gasteiger partial charge in [-0.15, -0.1) is 0 Å². The lowest BCUT2D eigenvalue weighted by atomic mass is 10.2. The third kappa shape index (κ3) is 4.71. The minimum absolute atomic E-state index is 0.0325. The lowest BCUT2D eigenvalue weighted by Crippen LogP contribution is -2.48. The van der Waals surface area contributed by atoms with Gasteiger partial charge >= 0.3 is 6.18 Å². The summed E-state index contributed by atoms with van der Waals surface area (Å²) in [4.78, 5) is 13.9. The Hall–Kier alpha value is -1.60. The Bertz CT molecular complexity index is 524. The van der Waals surface area contributed by atoms with E-state index in [1.54, 1.807) is 0 Å². The number of hydrogen-bond donors (Lipinski definition) is 1. The van der Waals surface area contributed by atoms with Gasteiger partial charge in [0, 0.05) is 18.8 Å². The van der Waals surface area contributed by atoms with E-state index in [0.29, 0.717) is 13.1 Å². The maximum absolute atomic E-state index is 12.6. The molecule has 7 heteroatoms. The van der Waals surface area contributed by atoms with Crippen molar-refractivity contribution in [3.8, 4) is 0 Å². The smallest absolute Gasteiger partial charge is 0.373 e. The summed E-state index contributed by atoms with van der Waals surface area (Å²) in [5, 5.41) is 2.51. The van der Waals surface area contributed by atoms with Gasteiger partial charge in [-0.2, -0.15) is 13.2 Å². The molecule has 1 N–H and O–H groups in total. The number of anilines is 1. The van der Waals surface area contributed by atoms with Crippen molar-refractivity contribution in [1.29, 1.82) is 0 Å². The average molecular weight is 316 g/mol. The first kappa shape index (κ1) is 16.8. The predicted molar refractivity (Wildman–Crippen MR) is 76.5 cm³/mol. The second kappa shape index (κ2) is 6.66. The quantitative estimate of drug-likeness (QED) is 0.932. The highest BCUT2D eigenvalue weighted by molar-refractivity contribution is 5.92. The molecule has 0 aliphatic carbocycles. The number of carbonyl (C=O) groups is 1. The van der Waals surface area contributed by atoms with Crippen LogP contribution < -0.4 is 5.32 Å². The molecule has 0 radical (unpaired) electrons. The van der Waals surface area contributed by atoms with E-state index in [2.05, 4.69) is 5.32 Å². The van der Waals surface area contributed by atoms with Crippen LogP contribution in [0.25, 0.3) is 0 Å². The van der Waals surface area contributed by atoms with Gasteiger partial charge in [-0.1, -0.05) is 6.07 Å². The highest BCUT2D eigenvalue weighted by Gasteiger charge is 2.30. The number of rotatable bonds is 3. The van der Waals surface area contributed by atoms with Crippen molar-refractivity contribution in [1.82, 2.24) is 4.90 Å². The molecule has 1 aliphatic rings. The van der Waals surface area contributed by atoms with E-state index in [-0.39, 0.29) is 30.3 Å². The summed E-state index contributed by atoms with van der Waals surface area (Å²) >= 11 is 0. The van der Waals surface area contributed by atoms with Crippen LogP contribution in [0.2, 0.25) is 0 Å². The van der Waals surface area contributed by atoms with Gasteiger partial charge in [-0.3, -0.25) is 9.69 Å². The summed E-state index contributed by atoms with van der Waals surface area (Å²) in [5.41, 5.74) is -0.631. The molecule has 1 fully saturated rings. The van der Waals surface area contributed by atoms with E-state index >= 15 is 0 Å². The largest absolute Gasteiger partial charge is 0.416 e. The number of amides is 1. The Balaban J connectivity index is 1.95. The van der Waals surface area contributed by atoms with E-state index in [4.69, 9.17) is 4.74 Å². The van der Waals surface area contributed by atoms with Gasteiger partial charge in [0.2, 0.25) is 5.91 Å². The number of halogens is 3. The summed E-state index contributed by atoms with van der Waals surface area (Å²) in [7, 11) is 0. The molecule has 2 atom stereocenters. The summed E-state index contributed by atoms with van der Waals surface area (Å²) in [6.07, 6.45) is -4.36. The zero-order valence-corrected chi connectivity index (χ0v) is 12.5. The second-order valence-corrected chi connectivity index (χ2v) is 5.58. The molecular weight excluding hydrogens is 297 g/mol. The predicted octanol–water partition coefficient (Wildman–Crippen LogP) is 2.75. The Morgan fingerprint density at radius 3 is 2.55 bits per heavy atom. The number of ether oxygens (including phenoxy) is 1. The van der Waals surface area contributed by atoms with Crippen LogP contribution in [0.3, 0.4) is 0 Å². The number of benzene rings is 1. The van der Waals surface area contributed by atoms with Crippen molar-refractivity contribution in [2.75, 3.05) is 25.0 Å². The monoisotopic (exact) mass is 316 g/mol. The summed E-state index contributed by atoms with van der Waals surface area (Å²) in [6.45, 7) is 5.23. The maximum Gasteiger partial charge on any atom is 0.416 e. The lowest BCUT2D eigenvalue weighted by Gasteiger charge is -2.34. The molecule has 4 nitrogen and oxygen atoms in total. The zero-order chi connectivity index (χ0) is 16.3. The lowest BCUT2D eigenvalue weighted by molar-refractivity contribution is -0.137. The second-order valence-electron chi connectivity index (χ2n) is 5.58. The van der Waals surface area contributed by atoms with Gasteiger partial charge in [-0.05, 0) is 32.0 Å². The fraction of sp³-hybridized carbons (Fsp3) is 0.533. The van der Waals surface area contributed by atoms with E-state index in [1.807, 2.05) is 18.7 Å². The fourth-order valence-corrected chi connectivity index (χ4v) is 2.59. The van der Waals surface area contributed by atoms with Crippen LogP contribution in [0.1, 0.15) is 19.4 Å². The number of morpholine rings is 1. The molecule has 1 aromatic carbocycles. The van der Waals surface area contributed by atoms with Crippen LogP contribution in [0, 0.1) is 0 Å².